The lowest BCUT2D eigenvalue weighted by Crippen LogP contribution is -2.34. The van der Waals surface area contributed by atoms with E-state index in [1.54, 1.807) is 43.6 Å². The van der Waals surface area contributed by atoms with E-state index in [0.717, 1.165) is 4.68 Å². The van der Waals surface area contributed by atoms with Gasteiger partial charge in [-0.3, -0.25) is 14.4 Å². The van der Waals surface area contributed by atoms with Crippen molar-refractivity contribution in [3.8, 4) is 0 Å². The number of carbonyl (C=O) groups is 2. The molecule has 3 aromatic rings. The van der Waals surface area contributed by atoms with E-state index in [2.05, 4.69) is 25.9 Å². The Labute approximate surface area is 152 Å². The number of thiazole rings is 1. The molecule has 0 aliphatic carbocycles. The average molecular weight is 372 g/mol. The van der Waals surface area contributed by atoms with Crippen LogP contribution in [0.5, 0.6) is 0 Å². The van der Waals surface area contributed by atoms with Gasteiger partial charge in [0.05, 0.1) is 17.5 Å². The molecule has 0 bridgehead atoms. The molecule has 2 heterocycles. The van der Waals surface area contributed by atoms with Crippen LogP contribution in [0.3, 0.4) is 0 Å². The first kappa shape index (κ1) is 17.7. The fourth-order valence-corrected chi connectivity index (χ4v) is 2.99. The summed E-state index contributed by atoms with van der Waals surface area (Å²) in [5.74, 6) is -0.614. The van der Waals surface area contributed by atoms with Gasteiger partial charge in [0.15, 0.2) is 5.13 Å². The lowest BCUT2D eigenvalue weighted by Gasteiger charge is -2.12. The zero-order chi connectivity index (χ0) is 18.7. The van der Waals surface area contributed by atoms with Crippen LogP contribution in [0.25, 0.3) is 10.9 Å². The maximum atomic E-state index is 12.5. The van der Waals surface area contributed by atoms with Crippen molar-refractivity contribution < 1.29 is 9.59 Å². The minimum Gasteiger partial charge on any atom is -0.359 e. The Balaban J connectivity index is 1.77. The normalized spacial score (nSPS) is 11.9. The van der Waals surface area contributed by atoms with Gasteiger partial charge in [0.25, 0.3) is 11.5 Å². The van der Waals surface area contributed by atoms with E-state index in [1.807, 2.05) is 0 Å². The number of aromatic nitrogens is 4. The number of hydrogen-bond acceptors (Lipinski definition) is 7. The molecule has 0 aliphatic heterocycles. The van der Waals surface area contributed by atoms with Crippen LogP contribution in [0.4, 0.5) is 5.13 Å². The third-order valence-corrected chi connectivity index (χ3v) is 4.55. The topological polar surface area (TPSA) is 119 Å². The molecule has 134 valence electrons. The molecule has 10 heteroatoms. The predicted octanol–water partition coefficient (Wildman–Crippen LogP) is 0.736. The Hall–Kier alpha value is -3.14. The predicted molar refractivity (Wildman–Crippen MR) is 97.0 cm³/mol. The number of fused-ring (bicyclic) bond motifs is 1. The molecule has 3 rings (SSSR count). The van der Waals surface area contributed by atoms with E-state index in [1.165, 1.54) is 11.3 Å². The molecule has 1 atom stereocenters. The molecule has 26 heavy (non-hydrogen) atoms. The van der Waals surface area contributed by atoms with Gasteiger partial charge in [0, 0.05) is 12.4 Å². The van der Waals surface area contributed by atoms with Gasteiger partial charge in [0.2, 0.25) is 5.91 Å². The molecule has 1 aromatic carbocycles. The van der Waals surface area contributed by atoms with E-state index < -0.39 is 17.5 Å². The fraction of sp³-hybridized carbons (Fsp3) is 0.250. The van der Waals surface area contributed by atoms with Crippen LogP contribution in [0.15, 0.2) is 34.4 Å². The van der Waals surface area contributed by atoms with Crippen molar-refractivity contribution in [3.05, 3.63) is 45.7 Å². The molecule has 2 N–H and O–H groups in total. The van der Waals surface area contributed by atoms with E-state index in [0.29, 0.717) is 21.7 Å². The Kier molecular flexibility index (Phi) is 5.03. The molecule has 2 aromatic heterocycles. The number of hydrogen-bond donors (Lipinski definition) is 2. The minimum atomic E-state index is -0.870. The minimum absolute atomic E-state index is 0.133. The number of anilines is 1. The first-order valence-electron chi connectivity index (χ1n) is 7.79. The highest BCUT2D eigenvalue weighted by Crippen LogP contribution is 2.17. The Morgan fingerprint density at radius 3 is 2.85 bits per heavy atom. The van der Waals surface area contributed by atoms with Gasteiger partial charge in [0.1, 0.15) is 11.6 Å². The highest BCUT2D eigenvalue weighted by molar-refractivity contribution is 7.13. The van der Waals surface area contributed by atoms with Gasteiger partial charge in [-0.05, 0) is 19.1 Å². The first-order valence-corrected chi connectivity index (χ1v) is 8.67. The monoisotopic (exact) mass is 372 g/mol. The van der Waals surface area contributed by atoms with Gasteiger partial charge in [-0.1, -0.05) is 17.3 Å². The van der Waals surface area contributed by atoms with Crippen LogP contribution in [0, 0.1) is 0 Å². The average Bonchev–Trinajstić information content (AvgIpc) is 3.08. The summed E-state index contributed by atoms with van der Waals surface area (Å²) in [6, 6.07) is 5.94. The molecule has 1 unspecified atom stereocenters. The molecule has 0 spiro atoms. The number of carbonyl (C=O) groups excluding carboxylic acids is 2. The zero-order valence-electron chi connectivity index (χ0n) is 14.1. The summed E-state index contributed by atoms with van der Waals surface area (Å²) in [5.41, 5.74) is 0.637. The van der Waals surface area contributed by atoms with Crippen molar-refractivity contribution in [2.24, 2.45) is 0 Å². The largest absolute Gasteiger partial charge is 0.359 e. The summed E-state index contributed by atoms with van der Waals surface area (Å²) in [6.45, 7) is 1.55. The van der Waals surface area contributed by atoms with Gasteiger partial charge in [-0.2, -0.15) is 4.68 Å². The van der Waals surface area contributed by atoms with E-state index in [-0.39, 0.29) is 12.3 Å². The number of benzene rings is 1. The van der Waals surface area contributed by atoms with Crippen LogP contribution < -0.4 is 16.2 Å². The molecular weight excluding hydrogens is 356 g/mol. The lowest BCUT2D eigenvalue weighted by atomic mass is 10.2. The molecule has 0 radical (unpaired) electrons. The standard InChI is InChI=1S/C16H16N6O3S/c1-9(22-15(25)11-5-3-4-6-12(11)20-21-22)14(24)19-16-18-10(8-26-16)7-13(23)17-2/h3-6,8-9H,7H2,1-2H3,(H,17,23)(H,18,19,24). The van der Waals surface area contributed by atoms with Gasteiger partial charge < -0.3 is 10.6 Å². The smallest absolute Gasteiger partial charge is 0.278 e. The second-order valence-corrected chi connectivity index (χ2v) is 6.37. The summed E-state index contributed by atoms with van der Waals surface area (Å²) in [6.07, 6.45) is 0.133. The highest BCUT2D eigenvalue weighted by Gasteiger charge is 2.20. The van der Waals surface area contributed by atoms with Gasteiger partial charge >= 0.3 is 0 Å². The number of amides is 2. The van der Waals surface area contributed by atoms with Crippen molar-refractivity contribution in [1.82, 2.24) is 25.3 Å². The molecule has 0 saturated heterocycles. The van der Waals surface area contributed by atoms with E-state index in [4.69, 9.17) is 0 Å². The second-order valence-electron chi connectivity index (χ2n) is 5.52. The Morgan fingerprint density at radius 2 is 2.08 bits per heavy atom. The van der Waals surface area contributed by atoms with Crippen molar-refractivity contribution in [2.45, 2.75) is 19.4 Å². The summed E-state index contributed by atoms with van der Waals surface area (Å²) in [7, 11) is 1.54. The Morgan fingerprint density at radius 1 is 1.31 bits per heavy atom. The highest BCUT2D eigenvalue weighted by atomic mass is 32.1. The van der Waals surface area contributed by atoms with Crippen LogP contribution >= 0.6 is 11.3 Å². The summed E-state index contributed by atoms with van der Waals surface area (Å²) >= 11 is 1.20. The fourth-order valence-electron chi connectivity index (χ4n) is 2.27. The van der Waals surface area contributed by atoms with Crippen molar-refractivity contribution >= 4 is 39.2 Å². The van der Waals surface area contributed by atoms with Gasteiger partial charge in [-0.15, -0.1) is 16.4 Å². The second kappa shape index (κ2) is 7.40. The maximum absolute atomic E-state index is 12.5. The number of likely N-dealkylation sites (N-methyl/N-ethyl adjacent to an activating group) is 1. The van der Waals surface area contributed by atoms with Crippen molar-refractivity contribution in [3.63, 3.8) is 0 Å². The lowest BCUT2D eigenvalue weighted by molar-refractivity contribution is -0.120. The molecule has 2 amide bonds. The molecular formula is C16H16N6O3S. The molecule has 0 fully saturated rings. The third-order valence-electron chi connectivity index (χ3n) is 3.74. The molecule has 0 aliphatic rings. The maximum Gasteiger partial charge on any atom is 0.278 e. The SMILES string of the molecule is CNC(=O)Cc1csc(NC(=O)C(C)n2nnc3ccccc3c2=O)n1. The number of rotatable bonds is 5. The van der Waals surface area contributed by atoms with E-state index >= 15 is 0 Å². The van der Waals surface area contributed by atoms with Crippen molar-refractivity contribution in [2.75, 3.05) is 12.4 Å². The Bertz CT molecular complexity index is 1030. The van der Waals surface area contributed by atoms with Crippen LogP contribution in [-0.4, -0.2) is 38.8 Å². The van der Waals surface area contributed by atoms with E-state index in [9.17, 15) is 14.4 Å². The van der Waals surface area contributed by atoms with Crippen LogP contribution in [-0.2, 0) is 16.0 Å². The number of nitrogens with one attached hydrogen (secondary N) is 2. The molecule has 9 nitrogen and oxygen atoms in total. The third kappa shape index (κ3) is 3.59. The quantitative estimate of drug-likeness (QED) is 0.682. The zero-order valence-corrected chi connectivity index (χ0v) is 14.9. The van der Waals surface area contributed by atoms with Crippen LogP contribution in [0.2, 0.25) is 0 Å². The summed E-state index contributed by atoms with van der Waals surface area (Å²) < 4.78 is 1.04. The van der Waals surface area contributed by atoms with Crippen LogP contribution in [0.1, 0.15) is 18.7 Å². The molecule has 0 saturated carbocycles. The summed E-state index contributed by atoms with van der Waals surface area (Å²) in [5, 5.41) is 15.4. The first-order chi connectivity index (χ1) is 12.5. The van der Waals surface area contributed by atoms with Gasteiger partial charge in [-0.25, -0.2) is 4.98 Å². The summed E-state index contributed by atoms with van der Waals surface area (Å²) in [4.78, 5) is 40.5. The van der Waals surface area contributed by atoms with Crippen molar-refractivity contribution in [1.29, 1.82) is 0 Å². The number of nitrogens with zero attached hydrogens (tertiary/aromatic N) is 4.